The van der Waals surface area contributed by atoms with Crippen molar-refractivity contribution >= 4 is 23.2 Å². The maximum atomic E-state index is 11.8. The van der Waals surface area contributed by atoms with E-state index in [1.165, 1.54) is 0 Å². The van der Waals surface area contributed by atoms with Gasteiger partial charge in [0.2, 0.25) is 0 Å². The van der Waals surface area contributed by atoms with Gasteiger partial charge in [0.05, 0.1) is 0 Å². The molecule has 1 rings (SSSR count). The predicted octanol–water partition coefficient (Wildman–Crippen LogP) is 1.30. The number of nitrogens with one attached hydrogen (secondary N) is 1. The Morgan fingerprint density at radius 1 is 1.71 bits per heavy atom. The lowest BCUT2D eigenvalue weighted by molar-refractivity contribution is -0.127. The van der Waals surface area contributed by atoms with Crippen molar-refractivity contribution in [1.82, 2.24) is 10.2 Å². The lowest BCUT2D eigenvalue weighted by atomic mass is 10.0. The monoisotopic (exact) mass is 212 g/mol. The van der Waals surface area contributed by atoms with E-state index >= 15 is 0 Å². The molecule has 1 N–H and O–H groups in total. The van der Waals surface area contributed by atoms with Gasteiger partial charge in [-0.2, -0.15) is 0 Å². The Morgan fingerprint density at radius 2 is 2.36 bits per heavy atom. The van der Waals surface area contributed by atoms with Gasteiger partial charge < -0.3 is 5.32 Å². The van der Waals surface area contributed by atoms with Gasteiger partial charge in [-0.25, -0.2) is 0 Å². The summed E-state index contributed by atoms with van der Waals surface area (Å²) in [5.74, 6) is 0.562. The van der Waals surface area contributed by atoms with Gasteiger partial charge in [0.15, 0.2) is 5.11 Å². The zero-order chi connectivity index (χ0) is 10.7. The molecular formula is C10H16N2OS. The molecule has 1 aliphatic heterocycles. The summed E-state index contributed by atoms with van der Waals surface area (Å²) in [6.07, 6.45) is 2.51. The molecule has 3 nitrogen and oxygen atoms in total. The molecule has 78 valence electrons. The van der Waals surface area contributed by atoms with Crippen molar-refractivity contribution in [3.05, 3.63) is 12.7 Å². The highest BCUT2D eigenvalue weighted by Crippen LogP contribution is 2.13. The van der Waals surface area contributed by atoms with E-state index in [1.807, 2.05) is 0 Å². The van der Waals surface area contributed by atoms with Crippen LogP contribution >= 0.6 is 12.2 Å². The molecule has 1 aliphatic rings. The average Bonchev–Trinajstić information content (AvgIpc) is 2.32. The first-order valence-corrected chi connectivity index (χ1v) is 5.19. The summed E-state index contributed by atoms with van der Waals surface area (Å²) in [4.78, 5) is 13.3. The van der Waals surface area contributed by atoms with Gasteiger partial charge in [-0.15, -0.1) is 6.58 Å². The van der Waals surface area contributed by atoms with Crippen LogP contribution in [0.1, 0.15) is 20.3 Å². The Morgan fingerprint density at radius 3 is 2.86 bits per heavy atom. The fourth-order valence-corrected chi connectivity index (χ4v) is 1.82. The van der Waals surface area contributed by atoms with Crippen LogP contribution in [0, 0.1) is 5.92 Å². The molecule has 1 fully saturated rings. The van der Waals surface area contributed by atoms with Crippen molar-refractivity contribution in [2.24, 2.45) is 5.92 Å². The maximum absolute atomic E-state index is 11.8. The molecule has 1 amide bonds. The summed E-state index contributed by atoms with van der Waals surface area (Å²) in [6, 6.07) is -0.137. The fraction of sp³-hybridized carbons (Fsp3) is 0.600. The highest BCUT2D eigenvalue weighted by molar-refractivity contribution is 7.80. The molecule has 0 radical (unpaired) electrons. The SMILES string of the molecule is C=CCN1C(=O)[C@@H](CC(C)C)NC1=S. The largest absolute Gasteiger partial charge is 0.350 e. The van der Waals surface area contributed by atoms with Crippen molar-refractivity contribution < 1.29 is 4.79 Å². The van der Waals surface area contributed by atoms with Crippen molar-refractivity contribution in [3.8, 4) is 0 Å². The number of hydrogen-bond donors (Lipinski definition) is 1. The highest BCUT2D eigenvalue weighted by Gasteiger charge is 2.34. The third-order valence-corrected chi connectivity index (χ3v) is 2.46. The summed E-state index contributed by atoms with van der Waals surface area (Å²) < 4.78 is 0. The molecule has 0 aromatic heterocycles. The number of carbonyl (C=O) groups excluding carboxylic acids is 1. The summed E-state index contributed by atoms with van der Waals surface area (Å²) >= 11 is 5.06. The van der Waals surface area contributed by atoms with E-state index in [0.717, 1.165) is 6.42 Å². The van der Waals surface area contributed by atoms with E-state index in [0.29, 0.717) is 17.6 Å². The minimum absolute atomic E-state index is 0.0728. The molecule has 0 aromatic rings. The summed E-state index contributed by atoms with van der Waals surface area (Å²) in [5, 5.41) is 3.56. The molecule has 1 saturated heterocycles. The summed E-state index contributed by atoms with van der Waals surface area (Å²) in [5.41, 5.74) is 0. The number of carbonyl (C=O) groups is 1. The topological polar surface area (TPSA) is 32.3 Å². The summed E-state index contributed by atoms with van der Waals surface area (Å²) in [7, 11) is 0. The molecule has 0 aromatic carbocycles. The average molecular weight is 212 g/mol. The smallest absolute Gasteiger partial charge is 0.251 e. The second-order valence-corrected chi connectivity index (χ2v) is 4.26. The molecule has 0 bridgehead atoms. The second kappa shape index (κ2) is 4.55. The van der Waals surface area contributed by atoms with Crippen molar-refractivity contribution in [2.75, 3.05) is 6.54 Å². The Hall–Kier alpha value is -0.900. The van der Waals surface area contributed by atoms with Crippen LogP contribution in [0.25, 0.3) is 0 Å². The van der Waals surface area contributed by atoms with Gasteiger partial charge in [0.25, 0.3) is 5.91 Å². The van der Waals surface area contributed by atoms with E-state index in [9.17, 15) is 4.79 Å². The van der Waals surface area contributed by atoms with E-state index in [2.05, 4.69) is 25.7 Å². The Labute approximate surface area is 90.2 Å². The zero-order valence-corrected chi connectivity index (χ0v) is 9.43. The van der Waals surface area contributed by atoms with Crippen LogP contribution in [0.4, 0.5) is 0 Å². The van der Waals surface area contributed by atoms with Gasteiger partial charge in [0, 0.05) is 6.54 Å². The van der Waals surface area contributed by atoms with Crippen molar-refractivity contribution in [3.63, 3.8) is 0 Å². The minimum atomic E-state index is -0.137. The van der Waals surface area contributed by atoms with E-state index in [4.69, 9.17) is 12.2 Å². The first kappa shape index (κ1) is 11.2. The van der Waals surface area contributed by atoms with E-state index < -0.39 is 0 Å². The Kier molecular flexibility index (Phi) is 3.63. The normalized spacial score (nSPS) is 21.6. The van der Waals surface area contributed by atoms with Crippen LogP contribution in [0.15, 0.2) is 12.7 Å². The third-order valence-electron chi connectivity index (χ3n) is 2.13. The van der Waals surface area contributed by atoms with Crippen molar-refractivity contribution in [1.29, 1.82) is 0 Å². The Balaban J connectivity index is 2.64. The zero-order valence-electron chi connectivity index (χ0n) is 8.62. The first-order chi connectivity index (χ1) is 6.56. The fourth-order valence-electron chi connectivity index (χ4n) is 1.51. The van der Waals surface area contributed by atoms with Crippen LogP contribution in [0.5, 0.6) is 0 Å². The number of rotatable bonds is 4. The number of thiocarbonyl (C=S) groups is 1. The number of nitrogens with zero attached hydrogens (tertiary/aromatic N) is 1. The Bertz CT molecular complexity index is 263. The van der Waals surface area contributed by atoms with Gasteiger partial charge in [-0.3, -0.25) is 9.69 Å². The molecule has 0 unspecified atom stereocenters. The number of hydrogen-bond acceptors (Lipinski definition) is 2. The molecule has 0 saturated carbocycles. The lowest BCUT2D eigenvalue weighted by Crippen LogP contribution is -2.31. The summed E-state index contributed by atoms with van der Waals surface area (Å²) in [6.45, 7) is 8.28. The van der Waals surface area contributed by atoms with Crippen molar-refractivity contribution in [2.45, 2.75) is 26.3 Å². The van der Waals surface area contributed by atoms with Gasteiger partial charge in [0.1, 0.15) is 6.04 Å². The van der Waals surface area contributed by atoms with E-state index in [-0.39, 0.29) is 11.9 Å². The third kappa shape index (κ3) is 2.32. The second-order valence-electron chi connectivity index (χ2n) is 3.87. The van der Waals surface area contributed by atoms with Crippen LogP contribution in [-0.2, 0) is 4.79 Å². The van der Waals surface area contributed by atoms with Crippen LogP contribution in [-0.4, -0.2) is 28.5 Å². The predicted molar refractivity (Wildman–Crippen MR) is 60.9 cm³/mol. The standard InChI is InChI=1S/C10H16N2OS/c1-4-5-12-9(13)8(6-7(2)3)11-10(12)14/h4,7-8H,1,5-6H2,2-3H3,(H,11,14)/t8-/m1/s1. The molecule has 14 heavy (non-hydrogen) atoms. The van der Waals surface area contributed by atoms with Crippen LogP contribution < -0.4 is 5.32 Å². The highest BCUT2D eigenvalue weighted by atomic mass is 32.1. The number of amides is 1. The molecule has 1 heterocycles. The lowest BCUT2D eigenvalue weighted by Gasteiger charge is -2.12. The molecule has 1 atom stereocenters. The van der Waals surface area contributed by atoms with Gasteiger partial charge in [-0.1, -0.05) is 19.9 Å². The van der Waals surface area contributed by atoms with Gasteiger partial charge in [-0.05, 0) is 24.6 Å². The first-order valence-electron chi connectivity index (χ1n) is 4.79. The van der Waals surface area contributed by atoms with E-state index in [1.54, 1.807) is 11.0 Å². The molecular weight excluding hydrogens is 196 g/mol. The molecule has 4 heteroatoms. The minimum Gasteiger partial charge on any atom is -0.350 e. The van der Waals surface area contributed by atoms with Crippen LogP contribution in [0.3, 0.4) is 0 Å². The van der Waals surface area contributed by atoms with Crippen LogP contribution in [0.2, 0.25) is 0 Å². The molecule has 0 aliphatic carbocycles. The maximum Gasteiger partial charge on any atom is 0.251 e. The quantitative estimate of drug-likeness (QED) is 0.563. The molecule has 0 spiro atoms. The van der Waals surface area contributed by atoms with Gasteiger partial charge >= 0.3 is 0 Å².